The number of carbonyl (C=O) groups is 2. The zero-order valence-electron chi connectivity index (χ0n) is 10.7. The maximum atomic E-state index is 12.3. The van der Waals surface area contributed by atoms with E-state index >= 15 is 0 Å². The number of carbonyl (C=O) groups excluding carboxylic acids is 2. The molecule has 2 rings (SSSR count). The van der Waals surface area contributed by atoms with Gasteiger partial charge in [-0.15, -0.1) is 0 Å². The number of hydrogen-bond donors (Lipinski definition) is 2. The van der Waals surface area contributed by atoms with E-state index in [1.54, 1.807) is 28.0 Å². The number of primary amides is 1. The van der Waals surface area contributed by atoms with Gasteiger partial charge in [0.25, 0.3) is 0 Å². The minimum Gasteiger partial charge on any atom is -0.370 e. The quantitative estimate of drug-likeness (QED) is 0.717. The number of amides is 2. The zero-order valence-corrected chi connectivity index (χ0v) is 10.7. The van der Waals surface area contributed by atoms with Crippen LogP contribution in [0.5, 0.6) is 0 Å². The Kier molecular flexibility index (Phi) is 4.16. The van der Waals surface area contributed by atoms with E-state index in [2.05, 4.69) is 5.10 Å². The number of aromatic nitrogens is 2. The van der Waals surface area contributed by atoms with Gasteiger partial charge < -0.3 is 16.4 Å². The first kappa shape index (κ1) is 13.5. The summed E-state index contributed by atoms with van der Waals surface area (Å²) in [6.07, 6.45) is 5.14. The molecule has 0 spiro atoms. The van der Waals surface area contributed by atoms with Gasteiger partial charge in [0, 0.05) is 37.4 Å². The van der Waals surface area contributed by atoms with Crippen molar-refractivity contribution in [1.82, 2.24) is 14.7 Å². The summed E-state index contributed by atoms with van der Waals surface area (Å²) in [6, 6.07) is 1.62. The smallest absolute Gasteiger partial charge is 0.244 e. The van der Waals surface area contributed by atoms with Gasteiger partial charge in [0.05, 0.1) is 0 Å². The van der Waals surface area contributed by atoms with E-state index in [0.29, 0.717) is 6.54 Å². The average Bonchev–Trinajstić information content (AvgIpc) is 2.97. The lowest BCUT2D eigenvalue weighted by atomic mass is 10.1. The summed E-state index contributed by atoms with van der Waals surface area (Å²) in [7, 11) is 0. The van der Waals surface area contributed by atoms with Gasteiger partial charge in [0.15, 0.2) is 0 Å². The van der Waals surface area contributed by atoms with Gasteiger partial charge in [-0.2, -0.15) is 5.10 Å². The fourth-order valence-electron chi connectivity index (χ4n) is 2.65. The number of nitrogens with two attached hydrogens (primary N) is 2. The first-order valence-electron chi connectivity index (χ1n) is 6.38. The molecule has 7 heteroatoms. The molecule has 0 unspecified atom stereocenters. The highest BCUT2D eigenvalue weighted by Gasteiger charge is 2.36. The van der Waals surface area contributed by atoms with Crippen LogP contribution in [0.1, 0.15) is 19.3 Å². The Morgan fingerprint density at radius 2 is 2.05 bits per heavy atom. The molecule has 0 aliphatic carbocycles. The molecule has 1 aliphatic rings. The van der Waals surface area contributed by atoms with Crippen LogP contribution in [-0.4, -0.2) is 45.1 Å². The zero-order chi connectivity index (χ0) is 13.8. The molecule has 104 valence electrons. The van der Waals surface area contributed by atoms with Crippen molar-refractivity contribution in [3.63, 3.8) is 0 Å². The summed E-state index contributed by atoms with van der Waals surface area (Å²) in [6.45, 7) is 0.568. The Morgan fingerprint density at radius 1 is 1.32 bits per heavy atom. The van der Waals surface area contributed by atoms with Gasteiger partial charge in [-0.25, -0.2) is 0 Å². The van der Waals surface area contributed by atoms with Gasteiger partial charge in [0.1, 0.15) is 6.54 Å². The summed E-state index contributed by atoms with van der Waals surface area (Å²) >= 11 is 0. The number of hydrogen-bond acceptors (Lipinski definition) is 4. The van der Waals surface area contributed by atoms with E-state index in [4.69, 9.17) is 11.5 Å². The Hall–Kier alpha value is -1.89. The predicted octanol–water partition coefficient (Wildman–Crippen LogP) is -0.923. The van der Waals surface area contributed by atoms with Gasteiger partial charge in [-0.05, 0) is 18.9 Å². The Balaban J connectivity index is 2.07. The van der Waals surface area contributed by atoms with E-state index in [0.717, 1.165) is 12.8 Å². The second kappa shape index (κ2) is 5.83. The van der Waals surface area contributed by atoms with Gasteiger partial charge in [0.2, 0.25) is 11.8 Å². The number of likely N-dealkylation sites (tertiary alicyclic amines) is 1. The van der Waals surface area contributed by atoms with Crippen molar-refractivity contribution in [3.8, 4) is 0 Å². The molecule has 7 nitrogen and oxygen atoms in total. The third-order valence-electron chi connectivity index (χ3n) is 3.47. The lowest BCUT2D eigenvalue weighted by Gasteiger charge is -2.29. The van der Waals surface area contributed by atoms with Crippen LogP contribution in [0.2, 0.25) is 0 Å². The minimum atomic E-state index is -0.389. The average molecular weight is 265 g/mol. The Labute approximate surface area is 111 Å². The second-order valence-electron chi connectivity index (χ2n) is 4.80. The number of nitrogens with zero attached hydrogens (tertiary/aromatic N) is 3. The molecule has 1 aromatic rings. The highest BCUT2D eigenvalue weighted by molar-refractivity contribution is 5.79. The van der Waals surface area contributed by atoms with E-state index in [1.807, 2.05) is 0 Å². The van der Waals surface area contributed by atoms with Gasteiger partial charge in [-0.3, -0.25) is 14.3 Å². The molecule has 2 atom stereocenters. The lowest BCUT2D eigenvalue weighted by molar-refractivity contribution is -0.135. The number of rotatable bonds is 5. The maximum Gasteiger partial charge on any atom is 0.244 e. The monoisotopic (exact) mass is 265 g/mol. The Morgan fingerprint density at radius 3 is 2.63 bits per heavy atom. The molecule has 0 saturated carbocycles. The lowest BCUT2D eigenvalue weighted by Crippen LogP contribution is -2.47. The van der Waals surface area contributed by atoms with Crippen LogP contribution in [0.15, 0.2) is 18.5 Å². The van der Waals surface area contributed by atoms with Crippen molar-refractivity contribution in [3.05, 3.63) is 18.5 Å². The van der Waals surface area contributed by atoms with Crippen LogP contribution in [0.4, 0.5) is 0 Å². The van der Waals surface area contributed by atoms with Crippen molar-refractivity contribution in [2.45, 2.75) is 37.9 Å². The summed E-state index contributed by atoms with van der Waals surface area (Å²) in [5, 5.41) is 4.01. The third kappa shape index (κ3) is 3.11. The van der Waals surface area contributed by atoms with Crippen LogP contribution in [0, 0.1) is 0 Å². The highest BCUT2D eigenvalue weighted by atomic mass is 16.2. The minimum absolute atomic E-state index is 0.00703. The predicted molar refractivity (Wildman–Crippen MR) is 68.7 cm³/mol. The normalized spacial score (nSPS) is 22.7. The molecular formula is C12H19N5O2. The van der Waals surface area contributed by atoms with E-state index in [-0.39, 0.29) is 36.9 Å². The summed E-state index contributed by atoms with van der Waals surface area (Å²) in [4.78, 5) is 25.1. The molecule has 4 N–H and O–H groups in total. The molecule has 19 heavy (non-hydrogen) atoms. The highest BCUT2D eigenvalue weighted by Crippen LogP contribution is 2.26. The molecule has 1 fully saturated rings. The van der Waals surface area contributed by atoms with Crippen LogP contribution in [0.3, 0.4) is 0 Å². The van der Waals surface area contributed by atoms with Crippen molar-refractivity contribution in [1.29, 1.82) is 0 Å². The molecule has 0 bridgehead atoms. The van der Waals surface area contributed by atoms with E-state index < -0.39 is 0 Å². The topological polar surface area (TPSA) is 107 Å². The first-order chi connectivity index (χ1) is 9.11. The van der Waals surface area contributed by atoms with Crippen molar-refractivity contribution in [2.75, 3.05) is 6.54 Å². The van der Waals surface area contributed by atoms with E-state index in [1.165, 1.54) is 0 Å². The van der Waals surface area contributed by atoms with Crippen LogP contribution < -0.4 is 11.5 Å². The molecule has 0 aromatic carbocycles. The first-order valence-corrected chi connectivity index (χ1v) is 6.38. The molecule has 1 aromatic heterocycles. The summed E-state index contributed by atoms with van der Waals surface area (Å²) < 4.78 is 1.57. The second-order valence-corrected chi connectivity index (χ2v) is 4.80. The fourth-order valence-corrected chi connectivity index (χ4v) is 2.65. The van der Waals surface area contributed by atoms with Crippen molar-refractivity contribution < 1.29 is 9.59 Å². The van der Waals surface area contributed by atoms with E-state index in [9.17, 15) is 9.59 Å². The Bertz CT molecular complexity index is 445. The van der Waals surface area contributed by atoms with Crippen LogP contribution in [0.25, 0.3) is 0 Å². The van der Waals surface area contributed by atoms with Crippen molar-refractivity contribution >= 4 is 11.8 Å². The van der Waals surface area contributed by atoms with Gasteiger partial charge >= 0.3 is 0 Å². The van der Waals surface area contributed by atoms with Gasteiger partial charge in [-0.1, -0.05) is 0 Å². The summed E-state index contributed by atoms with van der Waals surface area (Å²) in [5.74, 6) is -0.456. The van der Waals surface area contributed by atoms with Crippen molar-refractivity contribution in [2.24, 2.45) is 11.5 Å². The van der Waals surface area contributed by atoms with Crippen LogP contribution in [-0.2, 0) is 16.1 Å². The van der Waals surface area contributed by atoms with Crippen LogP contribution >= 0.6 is 0 Å². The molecule has 1 aliphatic heterocycles. The fraction of sp³-hybridized carbons (Fsp3) is 0.583. The third-order valence-corrected chi connectivity index (χ3v) is 3.47. The molecule has 1 saturated heterocycles. The molecule has 2 amide bonds. The molecular weight excluding hydrogens is 246 g/mol. The SMILES string of the molecule is NC[C@@H]1CC[C@H](CC(N)=O)N1C(=O)Cn1cccn1. The summed E-state index contributed by atoms with van der Waals surface area (Å²) in [5.41, 5.74) is 10.9. The maximum absolute atomic E-state index is 12.3. The largest absolute Gasteiger partial charge is 0.370 e. The standard InChI is InChI=1S/C12H19N5O2/c13-7-10-3-2-9(6-11(14)18)17(10)12(19)8-16-5-1-4-15-16/h1,4-5,9-10H,2-3,6-8,13H2,(H2,14,18)/t9-,10+/m1/s1. The molecule has 0 radical (unpaired) electrons. The molecule has 2 heterocycles.